The highest BCUT2D eigenvalue weighted by molar-refractivity contribution is 8.00. The number of thioether (sulfide) groups is 1. The van der Waals surface area contributed by atoms with Crippen LogP contribution in [0.1, 0.15) is 32.6 Å². The molecule has 1 aliphatic heterocycles. The lowest BCUT2D eigenvalue weighted by Crippen LogP contribution is -2.52. The number of nitrogens with zero attached hydrogens (tertiary/aromatic N) is 1. The largest absolute Gasteiger partial charge is 0.480 e. The Hall–Kier alpha value is -0.750. The minimum absolute atomic E-state index is 0.140. The smallest absolute Gasteiger partial charge is 0.324 e. The lowest BCUT2D eigenvalue weighted by Gasteiger charge is -2.26. The van der Waals surface area contributed by atoms with E-state index in [1.165, 1.54) is 11.8 Å². The van der Waals surface area contributed by atoms with Gasteiger partial charge >= 0.3 is 5.97 Å². The fraction of sp³-hybridized carbons (Fsp3) is 0.846. The van der Waals surface area contributed by atoms with Crippen molar-refractivity contribution in [2.75, 3.05) is 24.6 Å². The zero-order valence-corrected chi connectivity index (χ0v) is 12.2. The van der Waals surface area contributed by atoms with Crippen LogP contribution in [0.4, 0.5) is 0 Å². The van der Waals surface area contributed by atoms with Gasteiger partial charge in [0.2, 0.25) is 5.91 Å². The Morgan fingerprint density at radius 1 is 1.37 bits per heavy atom. The molecular weight excluding hydrogens is 264 g/mol. The summed E-state index contributed by atoms with van der Waals surface area (Å²) in [5.41, 5.74) is -0.920. The van der Waals surface area contributed by atoms with Gasteiger partial charge in [-0.3, -0.25) is 14.9 Å². The van der Waals surface area contributed by atoms with Crippen LogP contribution in [0.2, 0.25) is 0 Å². The summed E-state index contributed by atoms with van der Waals surface area (Å²) in [6.07, 6.45) is 4.29. The third-order valence-electron chi connectivity index (χ3n) is 3.65. The van der Waals surface area contributed by atoms with Crippen molar-refractivity contribution in [2.24, 2.45) is 0 Å². The minimum atomic E-state index is -0.920. The van der Waals surface area contributed by atoms with E-state index in [0.717, 1.165) is 38.8 Å². The quantitative estimate of drug-likeness (QED) is 0.729. The van der Waals surface area contributed by atoms with Gasteiger partial charge in [0, 0.05) is 24.9 Å². The molecule has 19 heavy (non-hydrogen) atoms. The maximum atomic E-state index is 11.9. The molecule has 0 aromatic carbocycles. The molecule has 2 N–H and O–H groups in total. The van der Waals surface area contributed by atoms with Crippen molar-refractivity contribution in [3.05, 3.63) is 0 Å². The lowest BCUT2D eigenvalue weighted by atomic mass is 10.1. The number of carbonyl (C=O) groups excluding carboxylic acids is 1. The van der Waals surface area contributed by atoms with Gasteiger partial charge in [-0.2, -0.15) is 0 Å². The maximum absolute atomic E-state index is 11.9. The Morgan fingerprint density at radius 3 is 2.53 bits per heavy atom. The van der Waals surface area contributed by atoms with Crippen LogP contribution in [-0.4, -0.2) is 58.1 Å². The second-order valence-corrected chi connectivity index (χ2v) is 6.62. The van der Waals surface area contributed by atoms with Crippen molar-refractivity contribution in [2.45, 2.75) is 44.2 Å². The number of hydrogen-bond acceptors (Lipinski definition) is 4. The summed E-state index contributed by atoms with van der Waals surface area (Å²) in [6, 6.07) is 0.344. The Morgan fingerprint density at radius 2 is 2.00 bits per heavy atom. The number of rotatable bonds is 7. The number of nitrogens with one attached hydrogen (secondary N) is 1. The molecule has 1 unspecified atom stereocenters. The van der Waals surface area contributed by atoms with Crippen LogP contribution in [0.25, 0.3) is 0 Å². The minimum Gasteiger partial charge on any atom is -0.480 e. The number of aliphatic carboxylic acids is 1. The molecule has 5 nitrogen and oxygen atoms in total. The second kappa shape index (κ2) is 6.13. The number of amides is 1. The summed E-state index contributed by atoms with van der Waals surface area (Å²) in [4.78, 5) is 25.1. The number of likely N-dealkylation sites (tertiary alicyclic amines) is 1. The van der Waals surface area contributed by atoms with Crippen LogP contribution >= 0.6 is 11.8 Å². The Labute approximate surface area is 118 Å². The average molecular weight is 286 g/mol. The second-order valence-electron chi connectivity index (χ2n) is 5.64. The first-order valence-electron chi connectivity index (χ1n) is 6.88. The van der Waals surface area contributed by atoms with Gasteiger partial charge in [0.05, 0.1) is 5.75 Å². The molecule has 0 bridgehead atoms. The summed E-state index contributed by atoms with van der Waals surface area (Å²) < 4.78 is 0. The monoisotopic (exact) mass is 286 g/mol. The predicted octanol–water partition coefficient (Wildman–Crippen LogP) is 0.937. The molecule has 0 aromatic rings. The highest BCUT2D eigenvalue weighted by atomic mass is 32.2. The molecule has 1 heterocycles. The van der Waals surface area contributed by atoms with Crippen molar-refractivity contribution in [1.29, 1.82) is 0 Å². The summed E-state index contributed by atoms with van der Waals surface area (Å²) >= 11 is 1.42. The van der Waals surface area contributed by atoms with Crippen LogP contribution in [0.5, 0.6) is 0 Å². The van der Waals surface area contributed by atoms with Crippen molar-refractivity contribution in [1.82, 2.24) is 10.2 Å². The number of carboxylic acid groups (broad SMARTS) is 1. The molecule has 1 aliphatic carbocycles. The van der Waals surface area contributed by atoms with E-state index in [1.807, 2.05) is 4.90 Å². The van der Waals surface area contributed by atoms with E-state index in [0.29, 0.717) is 17.5 Å². The van der Waals surface area contributed by atoms with Crippen molar-refractivity contribution in [3.63, 3.8) is 0 Å². The number of carbonyl (C=O) groups is 2. The molecule has 2 aliphatic rings. The van der Waals surface area contributed by atoms with E-state index >= 15 is 0 Å². The average Bonchev–Trinajstić information content (AvgIpc) is 2.98. The van der Waals surface area contributed by atoms with E-state index in [-0.39, 0.29) is 5.91 Å². The summed E-state index contributed by atoms with van der Waals surface area (Å²) in [7, 11) is 0. The van der Waals surface area contributed by atoms with Crippen LogP contribution < -0.4 is 5.32 Å². The summed E-state index contributed by atoms with van der Waals surface area (Å²) in [6.45, 7) is 3.42. The third kappa shape index (κ3) is 4.11. The normalized spacial score (nSPS) is 22.3. The van der Waals surface area contributed by atoms with Gasteiger partial charge in [-0.05, 0) is 32.6 Å². The zero-order chi connectivity index (χ0) is 13.9. The topological polar surface area (TPSA) is 69.6 Å². The molecule has 1 saturated heterocycles. The first kappa shape index (κ1) is 14.7. The van der Waals surface area contributed by atoms with Crippen LogP contribution in [0, 0.1) is 0 Å². The van der Waals surface area contributed by atoms with E-state index in [2.05, 4.69) is 5.32 Å². The highest BCUT2D eigenvalue weighted by Gasteiger charge is 2.38. The molecule has 0 spiro atoms. The van der Waals surface area contributed by atoms with Gasteiger partial charge in [0.25, 0.3) is 0 Å². The fourth-order valence-corrected chi connectivity index (χ4v) is 3.32. The standard InChI is InChI=1S/C13H22N2O3S/c1-13(12(17)18,14-10-4-5-10)9-19-8-11(16)15-6-2-3-7-15/h10,14H,2-9H2,1H3,(H,17,18). The van der Waals surface area contributed by atoms with Gasteiger partial charge in [0.15, 0.2) is 0 Å². The SMILES string of the molecule is CC(CSCC(=O)N1CCCC1)(NC1CC1)C(=O)O. The van der Waals surface area contributed by atoms with Crippen molar-refractivity contribution >= 4 is 23.6 Å². The fourth-order valence-electron chi connectivity index (χ4n) is 2.24. The molecule has 0 radical (unpaired) electrons. The predicted molar refractivity (Wildman–Crippen MR) is 75.3 cm³/mol. The Kier molecular flexibility index (Phi) is 4.73. The maximum Gasteiger partial charge on any atom is 0.324 e. The van der Waals surface area contributed by atoms with Crippen LogP contribution in [0.3, 0.4) is 0 Å². The van der Waals surface area contributed by atoms with E-state index < -0.39 is 11.5 Å². The van der Waals surface area contributed by atoms with Gasteiger partial charge in [0.1, 0.15) is 5.54 Å². The van der Waals surface area contributed by atoms with Crippen LogP contribution in [0.15, 0.2) is 0 Å². The third-order valence-corrected chi connectivity index (χ3v) is 4.88. The van der Waals surface area contributed by atoms with Crippen molar-refractivity contribution in [3.8, 4) is 0 Å². The van der Waals surface area contributed by atoms with E-state index in [9.17, 15) is 14.7 Å². The van der Waals surface area contributed by atoms with E-state index in [4.69, 9.17) is 0 Å². The first-order chi connectivity index (χ1) is 9.01. The van der Waals surface area contributed by atoms with Crippen molar-refractivity contribution < 1.29 is 14.7 Å². The molecule has 1 atom stereocenters. The van der Waals surface area contributed by atoms with E-state index in [1.54, 1.807) is 6.92 Å². The first-order valence-corrected chi connectivity index (χ1v) is 8.03. The molecule has 2 rings (SSSR count). The molecule has 108 valence electrons. The molecule has 6 heteroatoms. The van der Waals surface area contributed by atoms with Gasteiger partial charge < -0.3 is 10.0 Å². The highest BCUT2D eigenvalue weighted by Crippen LogP contribution is 2.25. The lowest BCUT2D eigenvalue weighted by molar-refractivity contribution is -0.143. The molecule has 2 fully saturated rings. The molecule has 1 saturated carbocycles. The molecule has 1 amide bonds. The Bertz CT molecular complexity index is 354. The Balaban J connectivity index is 1.75. The molecule has 0 aromatic heterocycles. The summed E-state index contributed by atoms with van der Waals surface area (Å²) in [5.74, 6) is 0.121. The van der Waals surface area contributed by atoms with Gasteiger partial charge in [-0.1, -0.05) is 0 Å². The molecular formula is C13H22N2O3S. The summed E-state index contributed by atoms with van der Waals surface area (Å²) in [5, 5.41) is 12.5. The van der Waals surface area contributed by atoms with Gasteiger partial charge in [-0.15, -0.1) is 11.8 Å². The van der Waals surface area contributed by atoms with Crippen LogP contribution in [-0.2, 0) is 9.59 Å². The zero-order valence-electron chi connectivity index (χ0n) is 11.4. The number of hydrogen-bond donors (Lipinski definition) is 2. The number of carboxylic acids is 1. The van der Waals surface area contributed by atoms with Gasteiger partial charge in [-0.25, -0.2) is 0 Å².